The summed E-state index contributed by atoms with van der Waals surface area (Å²) in [5.41, 5.74) is 0.274. The van der Waals surface area contributed by atoms with E-state index >= 15 is 0 Å². The number of hydrogen-bond donors (Lipinski definition) is 7. The first-order chi connectivity index (χ1) is 32.0. The van der Waals surface area contributed by atoms with Gasteiger partial charge in [-0.25, -0.2) is 0 Å². The summed E-state index contributed by atoms with van der Waals surface area (Å²) in [5, 5.41) is 78.4. The van der Waals surface area contributed by atoms with Gasteiger partial charge in [0, 0.05) is 86.3 Å². The van der Waals surface area contributed by atoms with Crippen LogP contribution >= 0.6 is 0 Å². The fourth-order valence-corrected chi connectivity index (χ4v) is 9.66. The Morgan fingerprint density at radius 1 is 0.912 bits per heavy atom. The number of phenolic OH excluding ortho intramolecular Hbond substituents is 4. The number of hydrazone groups is 1. The number of nitrogens with one attached hydrogen (secondary N) is 1. The number of methoxy groups -OCH3 is 1. The maximum Gasteiger partial charge on any atom is 0.312 e. The summed E-state index contributed by atoms with van der Waals surface area (Å²) in [4.78, 5) is 43.2. The second-order valence-corrected chi connectivity index (χ2v) is 18.8. The molecule has 1 amide bonds. The number of aliphatic hydroxyl groups is 2. The monoisotopic (exact) mass is 942 g/mol. The molecule has 7 rings (SSSR count). The highest BCUT2D eigenvalue weighted by Gasteiger charge is 2.50. The number of allylic oxidation sites excluding steroid dienone is 2. The predicted octanol–water partition coefficient (Wildman–Crippen LogP) is 6.39. The number of Topliss-reactive ketones (excluding diaryl/α,β-unsaturated/α-hetero) is 1. The first kappa shape index (κ1) is 51.3. The van der Waals surface area contributed by atoms with Crippen LogP contribution in [0.5, 0.6) is 28.7 Å². The van der Waals surface area contributed by atoms with Gasteiger partial charge in [-0.1, -0.05) is 64.1 Å². The molecule has 0 unspecified atom stereocenters. The number of aliphatic hydroxyl groups excluding tert-OH is 2. The second-order valence-electron chi connectivity index (χ2n) is 18.8. The molecule has 7 N–H and O–H groups in total. The number of aromatic hydroxyl groups is 4. The highest BCUT2D eigenvalue weighted by atomic mass is 16.7. The average Bonchev–Trinajstić information content (AvgIpc) is 3.55. The molecule has 17 heteroatoms. The largest absolute Gasteiger partial charge is 0.508 e. The minimum atomic E-state index is -2.08. The van der Waals surface area contributed by atoms with E-state index in [1.54, 1.807) is 52.0 Å². The lowest BCUT2D eigenvalue weighted by molar-refractivity contribution is -0.160. The minimum Gasteiger partial charge on any atom is -0.508 e. The van der Waals surface area contributed by atoms with Gasteiger partial charge in [-0.3, -0.25) is 24.3 Å². The second kappa shape index (κ2) is 20.6. The topological polar surface area (TPSA) is 240 Å². The van der Waals surface area contributed by atoms with Crippen LogP contribution in [0.15, 0.2) is 65.5 Å². The van der Waals surface area contributed by atoms with Gasteiger partial charge in [0.2, 0.25) is 0 Å². The van der Waals surface area contributed by atoms with Crippen LogP contribution in [0, 0.1) is 30.6 Å². The van der Waals surface area contributed by atoms with Crippen molar-refractivity contribution in [2.75, 3.05) is 25.5 Å². The molecule has 11 atom stereocenters. The third kappa shape index (κ3) is 10.0. The fourth-order valence-electron chi connectivity index (χ4n) is 9.66. The zero-order valence-corrected chi connectivity index (χ0v) is 40.6. The van der Waals surface area contributed by atoms with E-state index in [1.807, 2.05) is 31.0 Å². The molecule has 4 heterocycles. The number of para-hydroxylation sites is 1. The average molecular weight is 943 g/mol. The number of nitrogens with zero attached hydrogens (tertiary/aromatic N) is 3. The summed E-state index contributed by atoms with van der Waals surface area (Å²) in [5.74, 6) is -8.45. The standard InChI is InChI=1S/C51H66N4O13/c1-25-15-14-16-26(2)50(64)53-41-35(21-52-55-27(3)22-54(23-28(55)4)24-34-17-12-13-18-36(34)57)45(61)38-39(46(41)62)44(60)32(8)48-40(38)49(63)51(10,68-48)66-20-19-37(65-11)29(5)47(67-33(9)56)31(7)43(59)30(6)42(25)58/h12-21,25,27-31,37,42-43,47,57-62H,22-24H2,1-11H3,(H,53,64)/t25-,27-,28+,29-,30-,31-,37+,42-,43-,47+,51-/m0/s1. The van der Waals surface area contributed by atoms with Crippen molar-refractivity contribution in [3.05, 3.63) is 82.7 Å². The minimum absolute atomic E-state index is 0.0346. The maximum atomic E-state index is 14.6. The van der Waals surface area contributed by atoms with Crippen LogP contribution in [0.3, 0.4) is 0 Å². The highest BCUT2D eigenvalue weighted by molar-refractivity contribution is 6.23. The lowest BCUT2D eigenvalue weighted by Crippen LogP contribution is -2.54. The van der Waals surface area contributed by atoms with Gasteiger partial charge in [0.15, 0.2) is 5.75 Å². The van der Waals surface area contributed by atoms with Gasteiger partial charge in [-0.2, -0.15) is 5.10 Å². The number of fused-ring (bicyclic) bond motifs is 14. The van der Waals surface area contributed by atoms with Crippen molar-refractivity contribution in [1.29, 1.82) is 0 Å². The summed E-state index contributed by atoms with van der Waals surface area (Å²) in [6.07, 6.45) is 4.75. The Kier molecular flexibility index (Phi) is 15.5. The van der Waals surface area contributed by atoms with Crippen LogP contribution < -0.4 is 10.1 Å². The number of rotatable bonds is 6. The highest BCUT2D eigenvalue weighted by Crippen LogP contribution is 2.55. The number of carbonyl (C=O) groups is 3. The van der Waals surface area contributed by atoms with Gasteiger partial charge in [0.05, 0.1) is 65.1 Å². The number of amides is 1. The van der Waals surface area contributed by atoms with E-state index in [1.165, 1.54) is 59.4 Å². The molecular weight excluding hydrogens is 877 g/mol. The van der Waals surface area contributed by atoms with E-state index in [-0.39, 0.29) is 62.3 Å². The Morgan fingerprint density at radius 2 is 1.57 bits per heavy atom. The number of benzene rings is 3. The first-order valence-corrected chi connectivity index (χ1v) is 22.9. The van der Waals surface area contributed by atoms with Gasteiger partial charge in [0.1, 0.15) is 29.1 Å². The fraction of sp³-hybridized carbons (Fsp3) is 0.490. The summed E-state index contributed by atoms with van der Waals surface area (Å²) >= 11 is 0. The van der Waals surface area contributed by atoms with Crippen molar-refractivity contribution in [1.82, 2.24) is 9.91 Å². The number of ketones is 1. The lowest BCUT2D eigenvalue weighted by atomic mass is 9.78. The first-order valence-electron chi connectivity index (χ1n) is 22.9. The van der Waals surface area contributed by atoms with Crippen molar-refractivity contribution in [3.8, 4) is 28.7 Å². The maximum absolute atomic E-state index is 14.6. The third-order valence-corrected chi connectivity index (χ3v) is 13.7. The predicted molar refractivity (Wildman–Crippen MR) is 256 cm³/mol. The summed E-state index contributed by atoms with van der Waals surface area (Å²) < 4.78 is 23.8. The molecule has 5 bridgehead atoms. The van der Waals surface area contributed by atoms with E-state index < -0.39 is 88.8 Å². The molecule has 3 aromatic carbocycles. The molecule has 1 saturated heterocycles. The van der Waals surface area contributed by atoms with E-state index in [4.69, 9.17) is 24.0 Å². The third-order valence-electron chi connectivity index (χ3n) is 13.7. The number of anilines is 1. The molecule has 68 heavy (non-hydrogen) atoms. The van der Waals surface area contributed by atoms with Crippen molar-refractivity contribution in [3.63, 3.8) is 0 Å². The molecule has 0 aliphatic carbocycles. The van der Waals surface area contributed by atoms with E-state index in [0.29, 0.717) is 19.6 Å². The van der Waals surface area contributed by atoms with Gasteiger partial charge in [-0.05, 0) is 39.8 Å². The van der Waals surface area contributed by atoms with Crippen molar-refractivity contribution in [2.45, 2.75) is 118 Å². The van der Waals surface area contributed by atoms with Gasteiger partial charge in [-0.15, -0.1) is 0 Å². The molecule has 0 spiro atoms. The van der Waals surface area contributed by atoms with Crippen molar-refractivity contribution in [2.24, 2.45) is 28.8 Å². The van der Waals surface area contributed by atoms with Crippen LogP contribution in [0.4, 0.5) is 5.69 Å². The number of phenols is 4. The summed E-state index contributed by atoms with van der Waals surface area (Å²) in [7, 11) is 1.43. The molecule has 17 nitrogen and oxygen atoms in total. The van der Waals surface area contributed by atoms with Crippen molar-refractivity contribution < 1.29 is 64.0 Å². The van der Waals surface area contributed by atoms with E-state index in [9.17, 15) is 45.0 Å². The normalized spacial score (nSPS) is 29.8. The van der Waals surface area contributed by atoms with Crippen LogP contribution in [-0.2, 0) is 30.3 Å². The van der Waals surface area contributed by atoms with Crippen LogP contribution in [0.2, 0.25) is 0 Å². The quantitative estimate of drug-likeness (QED) is 0.0614. The Hall–Kier alpha value is -6.14. The Balaban J connectivity index is 1.48. The SMILES string of the molecule is CO[C@@H]1C=CO[C@@]2(C)Oc3c(C)c(O)c4c(O)c(c(C=NN5[C@H](C)CN(Cc6ccccc6O)C[C@@H]5C)c(O)c4c3C2=O)NC(=O)C(C)=CC=C[C@H](C)[C@H](O)[C@H](C)[C@H](O)[C@H](C)[C@H](OC(C)=O)[C@H]1C. The molecule has 3 aromatic rings. The zero-order chi connectivity index (χ0) is 50.1. The van der Waals surface area contributed by atoms with Crippen molar-refractivity contribution >= 4 is 40.3 Å². The van der Waals surface area contributed by atoms with Gasteiger partial charge >= 0.3 is 11.8 Å². The van der Waals surface area contributed by atoms with Crippen LogP contribution in [0.1, 0.15) is 89.4 Å². The van der Waals surface area contributed by atoms with E-state index in [0.717, 1.165) is 5.56 Å². The summed E-state index contributed by atoms with van der Waals surface area (Å²) in [6.45, 7) is 18.0. The molecule has 368 valence electrons. The zero-order valence-electron chi connectivity index (χ0n) is 40.6. The molecule has 0 aromatic heterocycles. The smallest absolute Gasteiger partial charge is 0.312 e. The summed E-state index contributed by atoms with van der Waals surface area (Å²) in [6, 6.07) is 6.75. The molecule has 1 fully saturated rings. The number of piperazine rings is 1. The molecule has 4 aliphatic rings. The number of hydrogen-bond acceptors (Lipinski definition) is 16. The Labute approximate surface area is 396 Å². The molecule has 0 saturated carbocycles. The molecular formula is C51H66N4O13. The Bertz CT molecular complexity index is 2530. The van der Waals surface area contributed by atoms with E-state index in [2.05, 4.69) is 10.2 Å². The molecule has 0 radical (unpaired) electrons. The van der Waals surface area contributed by atoms with Gasteiger partial charge in [0.25, 0.3) is 11.7 Å². The number of esters is 1. The number of carbonyl (C=O) groups excluding carboxylic acids is 3. The van der Waals surface area contributed by atoms with Crippen LogP contribution in [-0.4, -0.2) is 127 Å². The number of ether oxygens (including phenoxy) is 4. The Morgan fingerprint density at radius 3 is 2.21 bits per heavy atom. The lowest BCUT2D eigenvalue weighted by Gasteiger charge is -2.43. The van der Waals surface area contributed by atoms with Gasteiger partial charge < -0.3 is 54.9 Å². The van der Waals surface area contributed by atoms with Crippen LogP contribution in [0.25, 0.3) is 10.8 Å². The molecule has 4 aliphatic heterocycles.